The molecule has 3 rings (SSSR count). The van der Waals surface area contributed by atoms with E-state index in [-0.39, 0.29) is 12.4 Å². The minimum absolute atomic E-state index is 0.247. The zero-order valence-electron chi connectivity index (χ0n) is 15.5. The molecule has 0 bridgehead atoms. The molecule has 3 aromatic carbocycles. The first-order chi connectivity index (χ1) is 13.1. The van der Waals surface area contributed by atoms with E-state index in [1.54, 1.807) is 19.1 Å². The predicted octanol–water partition coefficient (Wildman–Crippen LogP) is 4.73. The third kappa shape index (κ3) is 4.53. The number of benzene rings is 3. The molecule has 0 atom stereocenters. The summed E-state index contributed by atoms with van der Waals surface area (Å²) in [4.78, 5) is 23.8. The molecule has 4 nitrogen and oxygen atoms in total. The van der Waals surface area contributed by atoms with Crippen molar-refractivity contribution in [1.82, 2.24) is 0 Å². The van der Waals surface area contributed by atoms with Crippen LogP contribution in [0.1, 0.15) is 35.3 Å². The number of aryl methyl sites for hydroxylation is 2. The number of rotatable bonds is 6. The molecule has 0 radical (unpaired) electrons. The van der Waals surface area contributed by atoms with E-state index in [0.717, 1.165) is 12.0 Å². The van der Waals surface area contributed by atoms with Crippen LogP contribution < -0.4 is 4.74 Å². The first-order valence-corrected chi connectivity index (χ1v) is 9.03. The van der Waals surface area contributed by atoms with Gasteiger partial charge in [-0.2, -0.15) is 0 Å². The Labute approximate surface area is 158 Å². The molecule has 3 aromatic rings. The standard InChI is InChI=1S/C23H22O4/c1-3-26-23(25)22-19(9-6-10-21(22)27-16(2)24)14-12-17-11-13-18-7-4-5-8-20(18)15-17/h4-11,13,15H,3,12,14H2,1-2H3. The lowest BCUT2D eigenvalue weighted by Crippen LogP contribution is -2.13. The quantitative estimate of drug-likeness (QED) is 0.470. The zero-order chi connectivity index (χ0) is 19.2. The zero-order valence-corrected chi connectivity index (χ0v) is 15.5. The minimum atomic E-state index is -0.470. The molecule has 0 saturated heterocycles. The Morgan fingerprint density at radius 2 is 1.67 bits per heavy atom. The fourth-order valence-electron chi connectivity index (χ4n) is 3.13. The Hall–Kier alpha value is -3.14. The van der Waals surface area contributed by atoms with Gasteiger partial charge in [-0.1, -0.05) is 54.6 Å². The van der Waals surface area contributed by atoms with Gasteiger partial charge in [-0.3, -0.25) is 4.79 Å². The van der Waals surface area contributed by atoms with Crippen LogP contribution in [0.15, 0.2) is 60.7 Å². The van der Waals surface area contributed by atoms with Crippen LogP contribution in [0, 0.1) is 0 Å². The molecule has 0 aliphatic rings. The highest BCUT2D eigenvalue weighted by Gasteiger charge is 2.19. The molecule has 0 amide bonds. The third-order valence-electron chi connectivity index (χ3n) is 4.34. The molecule has 0 saturated carbocycles. The Kier molecular flexibility index (Phi) is 5.87. The summed E-state index contributed by atoms with van der Waals surface area (Å²) in [7, 11) is 0. The van der Waals surface area contributed by atoms with Crippen molar-refractivity contribution in [3.8, 4) is 5.75 Å². The van der Waals surface area contributed by atoms with Crippen molar-refractivity contribution in [3.63, 3.8) is 0 Å². The van der Waals surface area contributed by atoms with E-state index in [2.05, 4.69) is 30.3 Å². The summed E-state index contributed by atoms with van der Waals surface area (Å²) >= 11 is 0. The van der Waals surface area contributed by atoms with E-state index in [1.165, 1.54) is 23.3 Å². The Morgan fingerprint density at radius 1 is 0.889 bits per heavy atom. The molecule has 0 spiro atoms. The second-order valence-electron chi connectivity index (χ2n) is 6.29. The van der Waals surface area contributed by atoms with E-state index in [0.29, 0.717) is 12.0 Å². The van der Waals surface area contributed by atoms with Crippen LogP contribution in [0.5, 0.6) is 5.75 Å². The van der Waals surface area contributed by atoms with Gasteiger partial charge in [0.1, 0.15) is 11.3 Å². The maximum Gasteiger partial charge on any atom is 0.342 e. The maximum absolute atomic E-state index is 12.4. The van der Waals surface area contributed by atoms with Crippen molar-refractivity contribution in [1.29, 1.82) is 0 Å². The first-order valence-electron chi connectivity index (χ1n) is 9.03. The number of hydrogen-bond acceptors (Lipinski definition) is 4. The van der Waals surface area contributed by atoms with Crippen molar-refractivity contribution < 1.29 is 19.1 Å². The summed E-state index contributed by atoms with van der Waals surface area (Å²) in [6.45, 7) is 3.33. The van der Waals surface area contributed by atoms with E-state index in [9.17, 15) is 9.59 Å². The topological polar surface area (TPSA) is 52.6 Å². The lowest BCUT2D eigenvalue weighted by Gasteiger charge is -2.13. The number of fused-ring (bicyclic) bond motifs is 1. The molecule has 0 fully saturated rings. The molecular weight excluding hydrogens is 340 g/mol. The van der Waals surface area contributed by atoms with Crippen molar-refractivity contribution >= 4 is 22.7 Å². The fourth-order valence-corrected chi connectivity index (χ4v) is 3.13. The third-order valence-corrected chi connectivity index (χ3v) is 4.34. The molecule has 0 unspecified atom stereocenters. The average molecular weight is 362 g/mol. The summed E-state index contributed by atoms with van der Waals surface area (Å²) in [5.41, 5.74) is 2.32. The monoisotopic (exact) mass is 362 g/mol. The van der Waals surface area contributed by atoms with E-state index >= 15 is 0 Å². The van der Waals surface area contributed by atoms with Gasteiger partial charge in [0.15, 0.2) is 0 Å². The van der Waals surface area contributed by atoms with Crippen molar-refractivity contribution in [2.75, 3.05) is 6.61 Å². The highest BCUT2D eigenvalue weighted by molar-refractivity contribution is 5.95. The molecule has 0 heterocycles. The molecule has 138 valence electrons. The van der Waals surface area contributed by atoms with Crippen molar-refractivity contribution in [2.45, 2.75) is 26.7 Å². The molecule has 0 aliphatic carbocycles. The SMILES string of the molecule is CCOC(=O)c1c(CCc2ccc3ccccc3c2)cccc1OC(C)=O. The van der Waals surface area contributed by atoms with Gasteiger partial charge in [-0.15, -0.1) is 0 Å². The molecule has 4 heteroatoms. The van der Waals surface area contributed by atoms with E-state index < -0.39 is 11.9 Å². The van der Waals surface area contributed by atoms with Crippen LogP contribution in [0.3, 0.4) is 0 Å². The number of ether oxygens (including phenoxy) is 2. The van der Waals surface area contributed by atoms with Crippen molar-refractivity contribution in [2.24, 2.45) is 0 Å². The van der Waals surface area contributed by atoms with Crippen LogP contribution in [0.25, 0.3) is 10.8 Å². The number of carbonyl (C=O) groups is 2. The van der Waals surface area contributed by atoms with Gasteiger partial charge < -0.3 is 9.47 Å². The van der Waals surface area contributed by atoms with Crippen LogP contribution in [0.4, 0.5) is 0 Å². The highest BCUT2D eigenvalue weighted by Crippen LogP contribution is 2.26. The van der Waals surface area contributed by atoms with E-state index in [1.807, 2.05) is 18.2 Å². The van der Waals surface area contributed by atoms with Gasteiger partial charge in [0, 0.05) is 6.92 Å². The van der Waals surface area contributed by atoms with E-state index in [4.69, 9.17) is 9.47 Å². The molecule has 27 heavy (non-hydrogen) atoms. The van der Waals surface area contributed by atoms with Crippen LogP contribution >= 0.6 is 0 Å². The summed E-state index contributed by atoms with van der Waals surface area (Å²) in [5.74, 6) is -0.688. The largest absolute Gasteiger partial charge is 0.462 e. The van der Waals surface area contributed by atoms with Crippen LogP contribution in [-0.2, 0) is 22.4 Å². The normalized spacial score (nSPS) is 10.6. The second kappa shape index (κ2) is 8.49. The maximum atomic E-state index is 12.4. The summed E-state index contributed by atoms with van der Waals surface area (Å²) in [6.07, 6.45) is 1.41. The second-order valence-corrected chi connectivity index (χ2v) is 6.29. The summed E-state index contributed by atoms with van der Waals surface area (Å²) in [5, 5.41) is 2.39. The smallest absolute Gasteiger partial charge is 0.342 e. The van der Waals surface area contributed by atoms with Crippen LogP contribution in [0.2, 0.25) is 0 Å². The van der Waals surface area contributed by atoms with Gasteiger partial charge in [-0.05, 0) is 47.7 Å². The van der Waals surface area contributed by atoms with Gasteiger partial charge >= 0.3 is 11.9 Å². The number of esters is 2. The summed E-state index contributed by atoms with van der Waals surface area (Å²) in [6, 6.07) is 19.9. The van der Waals surface area contributed by atoms with Gasteiger partial charge in [0.2, 0.25) is 0 Å². The van der Waals surface area contributed by atoms with Crippen molar-refractivity contribution in [3.05, 3.63) is 77.4 Å². The highest BCUT2D eigenvalue weighted by atomic mass is 16.5. The van der Waals surface area contributed by atoms with Gasteiger partial charge in [-0.25, -0.2) is 4.79 Å². The average Bonchev–Trinajstić information content (AvgIpc) is 2.66. The first kappa shape index (κ1) is 18.6. The van der Waals surface area contributed by atoms with Crippen LogP contribution in [-0.4, -0.2) is 18.5 Å². The van der Waals surface area contributed by atoms with Gasteiger partial charge in [0.05, 0.1) is 6.61 Å². The molecule has 0 aromatic heterocycles. The fraction of sp³-hybridized carbons (Fsp3) is 0.217. The van der Waals surface area contributed by atoms with Gasteiger partial charge in [0.25, 0.3) is 0 Å². The Bertz CT molecular complexity index is 975. The minimum Gasteiger partial charge on any atom is -0.462 e. The lowest BCUT2D eigenvalue weighted by molar-refractivity contribution is -0.131. The number of carbonyl (C=O) groups excluding carboxylic acids is 2. The summed E-state index contributed by atoms with van der Waals surface area (Å²) < 4.78 is 10.4. The molecular formula is C23H22O4. The lowest BCUT2D eigenvalue weighted by atomic mass is 9.97. The molecule has 0 aliphatic heterocycles. The number of hydrogen-bond donors (Lipinski definition) is 0. The molecule has 0 N–H and O–H groups in total. The predicted molar refractivity (Wildman–Crippen MR) is 105 cm³/mol. The Balaban J connectivity index is 1.88. The Morgan fingerprint density at radius 3 is 2.41 bits per heavy atom.